The number of alkyl carbamates (subject to hydrolysis) is 1. The van der Waals surface area contributed by atoms with Gasteiger partial charge in [-0.05, 0) is 34.0 Å². The highest BCUT2D eigenvalue weighted by Gasteiger charge is 2.10. The molecule has 3 aromatic rings. The van der Waals surface area contributed by atoms with Crippen LogP contribution in [0.3, 0.4) is 0 Å². The van der Waals surface area contributed by atoms with E-state index in [1.54, 1.807) is 0 Å². The second-order valence-electron chi connectivity index (χ2n) is 5.99. The van der Waals surface area contributed by atoms with E-state index in [0.717, 1.165) is 27.1 Å². The highest BCUT2D eigenvalue weighted by atomic mass is 16.5. The summed E-state index contributed by atoms with van der Waals surface area (Å²) >= 11 is 0. The molecule has 0 saturated carbocycles. The van der Waals surface area contributed by atoms with Crippen molar-refractivity contribution in [1.29, 1.82) is 0 Å². The molecule has 0 saturated heterocycles. The first kappa shape index (κ1) is 18.2. The fourth-order valence-electron chi connectivity index (χ4n) is 2.95. The van der Waals surface area contributed by atoms with Crippen LogP contribution in [-0.2, 0) is 16.1 Å². The summed E-state index contributed by atoms with van der Waals surface area (Å²) in [7, 11) is 0. The number of aliphatic hydroxyl groups is 1. The Morgan fingerprint density at radius 3 is 2.27 bits per heavy atom. The molecule has 0 fully saturated rings. The van der Waals surface area contributed by atoms with Crippen LogP contribution in [0.25, 0.3) is 21.5 Å². The summed E-state index contributed by atoms with van der Waals surface area (Å²) in [6.45, 7) is 1.57. The van der Waals surface area contributed by atoms with Gasteiger partial charge < -0.3 is 19.9 Å². The minimum atomic E-state index is -0.465. The fourth-order valence-corrected chi connectivity index (χ4v) is 2.95. The van der Waals surface area contributed by atoms with E-state index in [0.29, 0.717) is 26.2 Å². The van der Waals surface area contributed by atoms with Gasteiger partial charge in [0.05, 0.1) is 6.61 Å². The zero-order chi connectivity index (χ0) is 18.2. The molecule has 3 rings (SSSR count). The van der Waals surface area contributed by atoms with Gasteiger partial charge in [-0.2, -0.15) is 0 Å². The van der Waals surface area contributed by atoms with Gasteiger partial charge in [0, 0.05) is 25.3 Å². The second-order valence-corrected chi connectivity index (χ2v) is 5.99. The van der Waals surface area contributed by atoms with E-state index in [2.05, 4.69) is 23.5 Å². The molecule has 5 nitrogen and oxygen atoms in total. The van der Waals surface area contributed by atoms with Crippen molar-refractivity contribution in [2.45, 2.75) is 13.0 Å². The van der Waals surface area contributed by atoms with E-state index in [1.165, 1.54) is 0 Å². The van der Waals surface area contributed by atoms with Crippen LogP contribution in [0.1, 0.15) is 12.0 Å². The van der Waals surface area contributed by atoms with Crippen molar-refractivity contribution in [2.24, 2.45) is 0 Å². The number of amides is 1. The van der Waals surface area contributed by atoms with Crippen molar-refractivity contribution in [3.63, 3.8) is 0 Å². The Hall–Kier alpha value is -2.63. The summed E-state index contributed by atoms with van der Waals surface area (Å²) in [5, 5.41) is 15.8. The molecule has 0 aliphatic carbocycles. The SMILES string of the molecule is O=C(NCCOCCCO)OCc1c2ccccc2cc2ccccc12. The summed E-state index contributed by atoms with van der Waals surface area (Å²) in [5.74, 6) is 0. The molecule has 0 bridgehead atoms. The van der Waals surface area contributed by atoms with E-state index in [-0.39, 0.29) is 13.2 Å². The van der Waals surface area contributed by atoms with Crippen molar-refractivity contribution in [3.8, 4) is 0 Å². The predicted molar refractivity (Wildman–Crippen MR) is 102 cm³/mol. The van der Waals surface area contributed by atoms with Gasteiger partial charge in [0.25, 0.3) is 0 Å². The first-order valence-electron chi connectivity index (χ1n) is 8.78. The predicted octanol–water partition coefficient (Wildman–Crippen LogP) is 3.62. The molecule has 0 aliphatic rings. The van der Waals surface area contributed by atoms with E-state index in [1.807, 2.05) is 36.4 Å². The van der Waals surface area contributed by atoms with Crippen molar-refractivity contribution in [3.05, 3.63) is 60.2 Å². The van der Waals surface area contributed by atoms with E-state index < -0.39 is 6.09 Å². The molecule has 26 heavy (non-hydrogen) atoms. The lowest BCUT2D eigenvalue weighted by Crippen LogP contribution is -2.28. The minimum Gasteiger partial charge on any atom is -0.445 e. The molecular formula is C21H23NO4. The molecule has 2 N–H and O–H groups in total. The van der Waals surface area contributed by atoms with Crippen LogP contribution < -0.4 is 5.32 Å². The number of hydrogen-bond donors (Lipinski definition) is 2. The van der Waals surface area contributed by atoms with Crippen LogP contribution in [-0.4, -0.2) is 37.6 Å². The maximum atomic E-state index is 11.9. The van der Waals surface area contributed by atoms with Crippen molar-refractivity contribution in [2.75, 3.05) is 26.4 Å². The zero-order valence-corrected chi connectivity index (χ0v) is 14.6. The summed E-state index contributed by atoms with van der Waals surface area (Å²) in [6.07, 6.45) is 0.131. The Kier molecular flexibility index (Phi) is 6.41. The van der Waals surface area contributed by atoms with Crippen molar-refractivity contribution in [1.82, 2.24) is 5.32 Å². The summed E-state index contributed by atoms with van der Waals surface area (Å²) in [4.78, 5) is 11.9. The van der Waals surface area contributed by atoms with Crippen LogP contribution >= 0.6 is 0 Å². The molecule has 1 amide bonds. The molecule has 3 aromatic carbocycles. The standard InChI is InChI=1S/C21H23NO4/c23-11-5-12-25-13-10-22-21(24)26-15-20-18-8-3-1-6-16(18)14-17-7-2-4-9-19(17)20/h1-4,6-9,14,23H,5,10-13,15H2,(H,22,24). The lowest BCUT2D eigenvalue weighted by molar-refractivity contribution is 0.109. The minimum absolute atomic E-state index is 0.106. The summed E-state index contributed by atoms with van der Waals surface area (Å²) < 4.78 is 10.7. The van der Waals surface area contributed by atoms with Gasteiger partial charge in [0.2, 0.25) is 0 Å². The number of aliphatic hydroxyl groups excluding tert-OH is 1. The molecule has 136 valence electrons. The maximum Gasteiger partial charge on any atom is 0.407 e. The van der Waals surface area contributed by atoms with Crippen LogP contribution in [0.15, 0.2) is 54.6 Å². The number of fused-ring (bicyclic) bond motifs is 2. The zero-order valence-electron chi connectivity index (χ0n) is 14.6. The summed E-state index contributed by atoms with van der Waals surface area (Å²) in [5.41, 5.74) is 1.01. The lowest BCUT2D eigenvalue weighted by atomic mass is 9.97. The molecule has 0 aliphatic heterocycles. The van der Waals surface area contributed by atoms with Crippen LogP contribution in [0, 0.1) is 0 Å². The number of nitrogens with one attached hydrogen (secondary N) is 1. The first-order valence-corrected chi connectivity index (χ1v) is 8.78. The maximum absolute atomic E-state index is 11.9. The van der Waals surface area contributed by atoms with Gasteiger partial charge in [-0.3, -0.25) is 0 Å². The average molecular weight is 353 g/mol. The Bertz CT molecular complexity index is 824. The number of carbonyl (C=O) groups excluding carboxylic acids is 1. The highest BCUT2D eigenvalue weighted by molar-refractivity contribution is 6.02. The third kappa shape index (κ3) is 4.50. The third-order valence-electron chi connectivity index (χ3n) is 4.19. The average Bonchev–Trinajstić information content (AvgIpc) is 2.67. The lowest BCUT2D eigenvalue weighted by Gasteiger charge is -2.12. The second kappa shape index (κ2) is 9.17. The molecule has 0 atom stereocenters. The molecule has 0 radical (unpaired) electrons. The Balaban J connectivity index is 1.65. The highest BCUT2D eigenvalue weighted by Crippen LogP contribution is 2.28. The Labute approximate surface area is 152 Å². The molecule has 0 heterocycles. The monoisotopic (exact) mass is 353 g/mol. The van der Waals surface area contributed by atoms with E-state index in [9.17, 15) is 4.79 Å². The fraction of sp³-hybridized carbons (Fsp3) is 0.286. The molecular weight excluding hydrogens is 330 g/mol. The van der Waals surface area contributed by atoms with Gasteiger partial charge in [0.15, 0.2) is 0 Å². The molecule has 0 unspecified atom stereocenters. The van der Waals surface area contributed by atoms with Crippen LogP contribution in [0.2, 0.25) is 0 Å². The molecule has 0 spiro atoms. The number of rotatable bonds is 8. The quantitative estimate of drug-likeness (QED) is 0.479. The Morgan fingerprint density at radius 2 is 1.62 bits per heavy atom. The third-order valence-corrected chi connectivity index (χ3v) is 4.19. The normalized spacial score (nSPS) is 11.0. The first-order chi connectivity index (χ1) is 12.8. The largest absolute Gasteiger partial charge is 0.445 e. The molecule has 0 aromatic heterocycles. The Morgan fingerprint density at radius 1 is 0.962 bits per heavy atom. The van der Waals surface area contributed by atoms with Gasteiger partial charge in [-0.15, -0.1) is 0 Å². The van der Waals surface area contributed by atoms with Gasteiger partial charge >= 0.3 is 6.09 Å². The van der Waals surface area contributed by atoms with Crippen molar-refractivity contribution >= 4 is 27.6 Å². The topological polar surface area (TPSA) is 67.8 Å². The number of carbonyl (C=O) groups is 1. The van der Waals surface area contributed by atoms with Gasteiger partial charge in [-0.1, -0.05) is 48.5 Å². The van der Waals surface area contributed by atoms with Gasteiger partial charge in [0.1, 0.15) is 6.61 Å². The van der Waals surface area contributed by atoms with Crippen LogP contribution in [0.4, 0.5) is 4.79 Å². The summed E-state index contributed by atoms with van der Waals surface area (Å²) in [6, 6.07) is 18.4. The van der Waals surface area contributed by atoms with Crippen LogP contribution in [0.5, 0.6) is 0 Å². The molecule has 5 heteroatoms. The van der Waals surface area contributed by atoms with Crippen molar-refractivity contribution < 1.29 is 19.4 Å². The number of hydrogen-bond acceptors (Lipinski definition) is 4. The van der Waals surface area contributed by atoms with E-state index >= 15 is 0 Å². The smallest absolute Gasteiger partial charge is 0.407 e. The van der Waals surface area contributed by atoms with Gasteiger partial charge in [-0.25, -0.2) is 4.79 Å². The number of benzene rings is 3. The number of ether oxygens (including phenoxy) is 2. The van der Waals surface area contributed by atoms with E-state index in [4.69, 9.17) is 14.6 Å².